The van der Waals surface area contributed by atoms with E-state index in [0.717, 1.165) is 11.3 Å². The van der Waals surface area contributed by atoms with Crippen LogP contribution in [0.1, 0.15) is 17.2 Å². The van der Waals surface area contributed by atoms with E-state index in [9.17, 15) is 4.39 Å². The molecule has 0 bridgehead atoms. The standard InChI is InChI=1S/C16H19FN2O2/c1-20-13-7-3-5-11(9-13)14(19-18)10-12-6-4-8-15(21-2)16(12)17/h3-9,14,19H,10,18H2,1-2H3. The Bertz CT molecular complexity index is 605. The van der Waals surface area contributed by atoms with Crippen molar-refractivity contribution < 1.29 is 13.9 Å². The summed E-state index contributed by atoms with van der Waals surface area (Å²) in [5.41, 5.74) is 4.19. The molecule has 4 nitrogen and oxygen atoms in total. The van der Waals surface area contributed by atoms with Crippen molar-refractivity contribution in [2.24, 2.45) is 5.84 Å². The second-order valence-electron chi connectivity index (χ2n) is 4.63. The van der Waals surface area contributed by atoms with E-state index in [1.165, 1.54) is 7.11 Å². The summed E-state index contributed by atoms with van der Waals surface area (Å²) in [5, 5.41) is 0. The molecule has 2 aromatic rings. The number of methoxy groups -OCH3 is 2. The Kier molecular flexibility index (Phi) is 5.14. The summed E-state index contributed by atoms with van der Waals surface area (Å²) in [6, 6.07) is 12.4. The number of rotatable bonds is 6. The van der Waals surface area contributed by atoms with Crippen molar-refractivity contribution >= 4 is 0 Å². The SMILES string of the molecule is COc1cccc(C(Cc2cccc(OC)c2F)NN)c1. The number of ether oxygens (including phenoxy) is 2. The van der Waals surface area contributed by atoms with E-state index in [1.807, 2.05) is 24.3 Å². The van der Waals surface area contributed by atoms with Crippen LogP contribution in [-0.4, -0.2) is 14.2 Å². The van der Waals surface area contributed by atoms with Gasteiger partial charge in [0.25, 0.3) is 0 Å². The first-order valence-corrected chi connectivity index (χ1v) is 6.61. The summed E-state index contributed by atoms with van der Waals surface area (Å²) in [5.74, 6) is 6.23. The predicted octanol–water partition coefficient (Wildman–Crippen LogP) is 2.59. The van der Waals surface area contributed by atoms with Gasteiger partial charge in [-0.15, -0.1) is 0 Å². The first-order valence-electron chi connectivity index (χ1n) is 6.61. The van der Waals surface area contributed by atoms with Crippen molar-refractivity contribution in [2.45, 2.75) is 12.5 Å². The van der Waals surface area contributed by atoms with Crippen LogP contribution in [-0.2, 0) is 6.42 Å². The zero-order valence-electron chi connectivity index (χ0n) is 12.1. The highest BCUT2D eigenvalue weighted by molar-refractivity contribution is 5.35. The lowest BCUT2D eigenvalue weighted by atomic mass is 9.98. The second-order valence-corrected chi connectivity index (χ2v) is 4.63. The summed E-state index contributed by atoms with van der Waals surface area (Å²) in [4.78, 5) is 0. The summed E-state index contributed by atoms with van der Waals surface area (Å²) in [7, 11) is 3.05. The number of hydrogen-bond donors (Lipinski definition) is 2. The molecule has 1 unspecified atom stereocenters. The molecule has 0 radical (unpaired) electrons. The maximum absolute atomic E-state index is 14.2. The molecule has 2 aromatic carbocycles. The molecule has 0 aromatic heterocycles. The quantitative estimate of drug-likeness (QED) is 0.634. The lowest BCUT2D eigenvalue weighted by Crippen LogP contribution is -2.29. The van der Waals surface area contributed by atoms with Crippen molar-refractivity contribution in [3.63, 3.8) is 0 Å². The topological polar surface area (TPSA) is 56.5 Å². The summed E-state index contributed by atoms with van der Waals surface area (Å²) < 4.78 is 24.4. The first-order chi connectivity index (χ1) is 10.2. The van der Waals surface area contributed by atoms with Crippen molar-refractivity contribution in [1.82, 2.24) is 5.43 Å². The lowest BCUT2D eigenvalue weighted by Gasteiger charge is -2.18. The van der Waals surface area contributed by atoms with E-state index in [4.69, 9.17) is 15.3 Å². The fourth-order valence-corrected chi connectivity index (χ4v) is 2.22. The molecule has 0 saturated heterocycles. The predicted molar refractivity (Wildman–Crippen MR) is 79.7 cm³/mol. The Labute approximate surface area is 123 Å². The van der Waals surface area contributed by atoms with E-state index >= 15 is 0 Å². The third-order valence-electron chi connectivity index (χ3n) is 3.38. The van der Waals surface area contributed by atoms with Gasteiger partial charge in [0, 0.05) is 0 Å². The highest BCUT2D eigenvalue weighted by Crippen LogP contribution is 2.26. The van der Waals surface area contributed by atoms with Gasteiger partial charge in [0.2, 0.25) is 0 Å². The van der Waals surface area contributed by atoms with Crippen LogP contribution in [0, 0.1) is 5.82 Å². The molecule has 0 amide bonds. The average molecular weight is 290 g/mol. The molecule has 5 heteroatoms. The minimum absolute atomic E-state index is 0.221. The molecule has 0 spiro atoms. The third kappa shape index (κ3) is 3.51. The Balaban J connectivity index is 2.26. The second kappa shape index (κ2) is 7.06. The largest absolute Gasteiger partial charge is 0.497 e. The number of hydrogen-bond acceptors (Lipinski definition) is 4. The van der Waals surface area contributed by atoms with Crippen LogP contribution >= 0.6 is 0 Å². The fourth-order valence-electron chi connectivity index (χ4n) is 2.22. The molecule has 21 heavy (non-hydrogen) atoms. The minimum atomic E-state index is -0.358. The van der Waals surface area contributed by atoms with Crippen LogP contribution < -0.4 is 20.7 Å². The van der Waals surface area contributed by atoms with Crippen LogP contribution in [0.25, 0.3) is 0 Å². The van der Waals surface area contributed by atoms with Gasteiger partial charge >= 0.3 is 0 Å². The molecule has 0 heterocycles. The van der Waals surface area contributed by atoms with Gasteiger partial charge in [0.1, 0.15) is 5.75 Å². The van der Waals surface area contributed by atoms with Gasteiger partial charge in [0.15, 0.2) is 11.6 Å². The Morgan fingerprint density at radius 3 is 2.57 bits per heavy atom. The zero-order valence-corrected chi connectivity index (χ0v) is 12.1. The van der Waals surface area contributed by atoms with E-state index in [0.29, 0.717) is 12.0 Å². The van der Waals surface area contributed by atoms with Gasteiger partial charge in [-0.05, 0) is 35.7 Å². The van der Waals surface area contributed by atoms with Crippen LogP contribution in [0.15, 0.2) is 42.5 Å². The van der Waals surface area contributed by atoms with Crippen LogP contribution in [0.4, 0.5) is 4.39 Å². The maximum atomic E-state index is 14.2. The molecule has 0 fully saturated rings. The summed E-state index contributed by atoms with van der Waals surface area (Å²) in [6.07, 6.45) is 0.409. The van der Waals surface area contributed by atoms with Gasteiger partial charge in [-0.1, -0.05) is 24.3 Å². The molecular formula is C16H19FN2O2. The fraction of sp³-hybridized carbons (Fsp3) is 0.250. The van der Waals surface area contributed by atoms with Gasteiger partial charge < -0.3 is 9.47 Å². The van der Waals surface area contributed by atoms with Crippen molar-refractivity contribution in [1.29, 1.82) is 0 Å². The average Bonchev–Trinajstić information content (AvgIpc) is 2.54. The maximum Gasteiger partial charge on any atom is 0.168 e. The number of nitrogens with one attached hydrogen (secondary N) is 1. The zero-order chi connectivity index (χ0) is 15.2. The summed E-state index contributed by atoms with van der Waals surface area (Å²) >= 11 is 0. The van der Waals surface area contributed by atoms with Crippen molar-refractivity contribution in [3.05, 3.63) is 59.4 Å². The molecular weight excluding hydrogens is 271 g/mol. The van der Waals surface area contributed by atoms with E-state index in [-0.39, 0.29) is 17.6 Å². The van der Waals surface area contributed by atoms with E-state index in [1.54, 1.807) is 25.3 Å². The molecule has 0 saturated carbocycles. The van der Waals surface area contributed by atoms with Crippen LogP contribution in [0.5, 0.6) is 11.5 Å². The van der Waals surface area contributed by atoms with Gasteiger partial charge in [-0.25, -0.2) is 4.39 Å². The molecule has 3 N–H and O–H groups in total. The minimum Gasteiger partial charge on any atom is -0.497 e. The van der Waals surface area contributed by atoms with Crippen molar-refractivity contribution in [3.8, 4) is 11.5 Å². The normalized spacial score (nSPS) is 12.0. The molecule has 0 aliphatic carbocycles. The highest BCUT2D eigenvalue weighted by Gasteiger charge is 2.16. The highest BCUT2D eigenvalue weighted by atomic mass is 19.1. The van der Waals surface area contributed by atoms with Crippen LogP contribution in [0.2, 0.25) is 0 Å². The number of nitrogens with two attached hydrogens (primary N) is 1. The lowest BCUT2D eigenvalue weighted by molar-refractivity contribution is 0.382. The van der Waals surface area contributed by atoms with Crippen LogP contribution in [0.3, 0.4) is 0 Å². The third-order valence-corrected chi connectivity index (χ3v) is 3.38. The van der Waals surface area contributed by atoms with Gasteiger partial charge in [-0.3, -0.25) is 11.3 Å². The number of hydrazine groups is 1. The van der Waals surface area contributed by atoms with Crippen molar-refractivity contribution in [2.75, 3.05) is 14.2 Å². The Morgan fingerprint density at radius 2 is 1.90 bits per heavy atom. The molecule has 112 valence electrons. The van der Waals surface area contributed by atoms with Gasteiger partial charge in [-0.2, -0.15) is 0 Å². The Morgan fingerprint density at radius 1 is 1.14 bits per heavy atom. The molecule has 2 rings (SSSR count). The first kappa shape index (κ1) is 15.3. The smallest absolute Gasteiger partial charge is 0.168 e. The monoisotopic (exact) mass is 290 g/mol. The van der Waals surface area contributed by atoms with E-state index in [2.05, 4.69) is 5.43 Å². The number of benzene rings is 2. The number of halogens is 1. The molecule has 0 aliphatic heterocycles. The molecule has 1 atom stereocenters. The summed E-state index contributed by atoms with van der Waals surface area (Å²) in [6.45, 7) is 0. The van der Waals surface area contributed by atoms with E-state index < -0.39 is 0 Å². The molecule has 0 aliphatic rings. The van der Waals surface area contributed by atoms with Gasteiger partial charge in [0.05, 0.1) is 20.3 Å². The Hall–Kier alpha value is -2.11.